The summed E-state index contributed by atoms with van der Waals surface area (Å²) in [5.41, 5.74) is 10.8. The summed E-state index contributed by atoms with van der Waals surface area (Å²) in [6, 6.07) is 5.99. The van der Waals surface area contributed by atoms with Gasteiger partial charge in [0, 0.05) is 6.20 Å². The third kappa shape index (κ3) is 2.38. The van der Waals surface area contributed by atoms with Gasteiger partial charge >= 0.3 is 0 Å². The van der Waals surface area contributed by atoms with Gasteiger partial charge in [-0.2, -0.15) is 11.3 Å². The van der Waals surface area contributed by atoms with Gasteiger partial charge in [0.15, 0.2) is 0 Å². The minimum Gasteiger partial charge on any atom is -0.383 e. The molecule has 0 saturated carbocycles. The molecule has 84 valence electrons. The zero-order valence-corrected chi connectivity index (χ0v) is 9.58. The van der Waals surface area contributed by atoms with Gasteiger partial charge in [0.05, 0.1) is 6.04 Å². The van der Waals surface area contributed by atoms with E-state index in [1.165, 1.54) is 5.56 Å². The van der Waals surface area contributed by atoms with Crippen molar-refractivity contribution in [2.24, 2.45) is 5.84 Å². The normalized spacial score (nSPS) is 12.6. The lowest BCUT2D eigenvalue weighted by Gasteiger charge is -2.15. The molecule has 4 nitrogen and oxygen atoms in total. The molecule has 0 fully saturated rings. The lowest BCUT2D eigenvalue weighted by Crippen LogP contribution is -2.29. The average molecular weight is 234 g/mol. The summed E-state index contributed by atoms with van der Waals surface area (Å²) >= 11 is 1.66. The van der Waals surface area contributed by atoms with Crippen LogP contribution in [-0.4, -0.2) is 4.98 Å². The highest BCUT2D eigenvalue weighted by molar-refractivity contribution is 7.07. The number of aromatic nitrogens is 1. The molecule has 0 radical (unpaired) electrons. The summed E-state index contributed by atoms with van der Waals surface area (Å²) in [7, 11) is 0. The van der Waals surface area contributed by atoms with Crippen LogP contribution in [0.15, 0.2) is 35.2 Å². The van der Waals surface area contributed by atoms with Gasteiger partial charge in [-0.3, -0.25) is 11.3 Å². The van der Waals surface area contributed by atoms with Gasteiger partial charge in [-0.15, -0.1) is 0 Å². The third-order valence-corrected chi connectivity index (χ3v) is 3.20. The molecule has 0 saturated heterocycles. The van der Waals surface area contributed by atoms with Gasteiger partial charge < -0.3 is 5.73 Å². The van der Waals surface area contributed by atoms with Gasteiger partial charge in [-0.1, -0.05) is 6.07 Å². The second kappa shape index (κ2) is 5.07. The molecule has 0 aliphatic heterocycles. The zero-order valence-electron chi connectivity index (χ0n) is 8.76. The number of hydrogen-bond donors (Lipinski definition) is 3. The van der Waals surface area contributed by atoms with E-state index in [1.54, 1.807) is 17.5 Å². The van der Waals surface area contributed by atoms with Crippen LogP contribution in [0.5, 0.6) is 0 Å². The van der Waals surface area contributed by atoms with E-state index >= 15 is 0 Å². The summed E-state index contributed by atoms with van der Waals surface area (Å²) in [4.78, 5) is 4.06. The number of rotatable bonds is 4. The Kier molecular flexibility index (Phi) is 3.51. The van der Waals surface area contributed by atoms with Crippen LogP contribution in [0.4, 0.5) is 5.82 Å². The van der Waals surface area contributed by atoms with Gasteiger partial charge in [0.2, 0.25) is 0 Å². The highest BCUT2D eigenvalue weighted by Crippen LogP contribution is 2.21. The Labute approximate surface area is 98.3 Å². The van der Waals surface area contributed by atoms with Gasteiger partial charge in [-0.05, 0) is 40.4 Å². The number of pyridine rings is 1. The van der Waals surface area contributed by atoms with Gasteiger partial charge in [0.1, 0.15) is 5.82 Å². The third-order valence-electron chi connectivity index (χ3n) is 2.50. The first-order valence-corrected chi connectivity index (χ1v) is 5.93. The van der Waals surface area contributed by atoms with Crippen LogP contribution in [0.3, 0.4) is 0 Å². The second-order valence-corrected chi connectivity index (χ2v) is 4.31. The molecular weight excluding hydrogens is 220 g/mol. The predicted molar refractivity (Wildman–Crippen MR) is 66.7 cm³/mol. The topological polar surface area (TPSA) is 77.0 Å². The Morgan fingerprint density at radius 2 is 2.31 bits per heavy atom. The Balaban J connectivity index is 2.17. The molecule has 0 bridgehead atoms. The number of hydrazine groups is 1. The van der Waals surface area contributed by atoms with Crippen molar-refractivity contribution in [3.05, 3.63) is 46.3 Å². The molecule has 2 aromatic heterocycles. The fraction of sp³-hybridized carbons (Fsp3) is 0.182. The average Bonchev–Trinajstić information content (AvgIpc) is 2.81. The van der Waals surface area contributed by atoms with Crippen LogP contribution < -0.4 is 17.0 Å². The van der Waals surface area contributed by atoms with Crippen molar-refractivity contribution in [3.8, 4) is 0 Å². The smallest absolute Gasteiger partial charge is 0.126 e. The largest absolute Gasteiger partial charge is 0.383 e. The minimum atomic E-state index is 0.0812. The van der Waals surface area contributed by atoms with Gasteiger partial charge in [0.25, 0.3) is 0 Å². The van der Waals surface area contributed by atoms with Crippen LogP contribution in [-0.2, 0) is 6.42 Å². The highest BCUT2D eigenvalue weighted by atomic mass is 32.1. The molecule has 0 spiro atoms. The number of nitrogens with zero attached hydrogens (tertiary/aromatic N) is 1. The molecule has 5 N–H and O–H groups in total. The van der Waals surface area contributed by atoms with E-state index < -0.39 is 0 Å². The summed E-state index contributed by atoms with van der Waals surface area (Å²) in [6.07, 6.45) is 2.43. The van der Waals surface area contributed by atoms with Crippen LogP contribution in [0.2, 0.25) is 0 Å². The van der Waals surface area contributed by atoms with Crippen molar-refractivity contribution < 1.29 is 0 Å². The molecule has 0 aliphatic carbocycles. The van der Waals surface area contributed by atoms with Gasteiger partial charge in [-0.25, -0.2) is 4.98 Å². The number of hydrogen-bond acceptors (Lipinski definition) is 5. The second-order valence-electron chi connectivity index (χ2n) is 3.53. The molecule has 2 heterocycles. The van der Waals surface area contributed by atoms with Crippen molar-refractivity contribution in [1.82, 2.24) is 10.4 Å². The van der Waals surface area contributed by atoms with E-state index in [4.69, 9.17) is 11.6 Å². The monoisotopic (exact) mass is 234 g/mol. The summed E-state index contributed by atoms with van der Waals surface area (Å²) in [5, 5.41) is 4.11. The standard InChI is InChI=1S/C11H14N4S/c12-11-8(2-1-4-14-11)6-10(15-13)9-3-5-16-7-9/h1-5,7,10,15H,6,13H2,(H2,12,14). The van der Waals surface area contributed by atoms with E-state index in [-0.39, 0.29) is 6.04 Å². The van der Waals surface area contributed by atoms with Crippen LogP contribution in [0.1, 0.15) is 17.2 Å². The number of nitrogens with one attached hydrogen (secondary N) is 1. The van der Waals surface area contributed by atoms with Crippen LogP contribution >= 0.6 is 11.3 Å². The molecule has 0 aliphatic rings. The number of nitrogens with two attached hydrogens (primary N) is 2. The molecule has 1 atom stereocenters. The van der Waals surface area contributed by atoms with Crippen molar-refractivity contribution >= 4 is 17.2 Å². The molecule has 2 aromatic rings. The fourth-order valence-corrected chi connectivity index (χ4v) is 2.30. The summed E-state index contributed by atoms with van der Waals surface area (Å²) < 4.78 is 0. The summed E-state index contributed by atoms with van der Waals surface area (Å²) in [5.74, 6) is 6.12. The van der Waals surface area contributed by atoms with E-state index in [2.05, 4.69) is 21.9 Å². The quantitative estimate of drug-likeness (QED) is 0.553. The Hall–Kier alpha value is -1.43. The molecular formula is C11H14N4S. The maximum atomic E-state index is 5.80. The maximum Gasteiger partial charge on any atom is 0.126 e. The van der Waals surface area contributed by atoms with Crippen molar-refractivity contribution in [2.45, 2.75) is 12.5 Å². The number of nitrogen functional groups attached to an aromatic ring is 1. The molecule has 0 aromatic carbocycles. The lowest BCUT2D eigenvalue weighted by molar-refractivity contribution is 0.553. The highest BCUT2D eigenvalue weighted by Gasteiger charge is 2.12. The lowest BCUT2D eigenvalue weighted by atomic mass is 10.0. The molecule has 2 rings (SSSR count). The summed E-state index contributed by atoms with van der Waals surface area (Å²) in [6.45, 7) is 0. The van der Waals surface area contributed by atoms with Crippen LogP contribution in [0.25, 0.3) is 0 Å². The zero-order chi connectivity index (χ0) is 11.4. The first-order chi connectivity index (χ1) is 7.81. The maximum absolute atomic E-state index is 5.80. The molecule has 5 heteroatoms. The van der Waals surface area contributed by atoms with E-state index in [9.17, 15) is 0 Å². The molecule has 16 heavy (non-hydrogen) atoms. The predicted octanol–water partition coefficient (Wildman–Crippen LogP) is 1.47. The molecule has 1 unspecified atom stereocenters. The first-order valence-electron chi connectivity index (χ1n) is 4.99. The number of thiophene rings is 1. The minimum absolute atomic E-state index is 0.0812. The van der Waals surface area contributed by atoms with E-state index in [0.717, 1.165) is 12.0 Å². The number of anilines is 1. The Bertz CT molecular complexity index is 441. The molecule has 0 amide bonds. The Morgan fingerprint density at radius 1 is 1.44 bits per heavy atom. The van der Waals surface area contributed by atoms with Crippen LogP contribution in [0, 0.1) is 0 Å². The first kappa shape index (κ1) is 11.1. The van der Waals surface area contributed by atoms with E-state index in [1.807, 2.05) is 17.5 Å². The SMILES string of the molecule is NNC(Cc1cccnc1N)c1ccsc1. The fourth-order valence-electron chi connectivity index (χ4n) is 1.59. The van der Waals surface area contributed by atoms with Crippen molar-refractivity contribution in [1.29, 1.82) is 0 Å². The Morgan fingerprint density at radius 3 is 2.94 bits per heavy atom. The van der Waals surface area contributed by atoms with E-state index in [0.29, 0.717) is 5.82 Å². The van der Waals surface area contributed by atoms with Crippen molar-refractivity contribution in [2.75, 3.05) is 5.73 Å². The van der Waals surface area contributed by atoms with Crippen molar-refractivity contribution in [3.63, 3.8) is 0 Å².